The van der Waals surface area contributed by atoms with Crippen molar-refractivity contribution in [2.24, 2.45) is 0 Å². The zero-order chi connectivity index (χ0) is 22.0. The number of hydrogen-bond donors (Lipinski definition) is 2. The summed E-state index contributed by atoms with van der Waals surface area (Å²) in [4.78, 5) is 0. The van der Waals surface area contributed by atoms with Crippen molar-refractivity contribution in [3.8, 4) is 0 Å². The summed E-state index contributed by atoms with van der Waals surface area (Å²) < 4.78 is 29.4. The van der Waals surface area contributed by atoms with Crippen LogP contribution >= 0.6 is 0 Å². The maximum absolute atomic E-state index is 11.2. The van der Waals surface area contributed by atoms with E-state index < -0.39 is 43.1 Å². The number of fused-ring (bicyclic) bond motifs is 1. The van der Waals surface area contributed by atoms with E-state index >= 15 is 0 Å². The predicted octanol–water partition coefficient (Wildman–Crippen LogP) is 2.92. The molecule has 0 radical (unpaired) electrons. The molecule has 0 amide bonds. The lowest BCUT2D eigenvalue weighted by atomic mass is 9.89. The van der Waals surface area contributed by atoms with Crippen molar-refractivity contribution in [3.63, 3.8) is 0 Å². The summed E-state index contributed by atoms with van der Waals surface area (Å²) in [6, 6.07) is 15.2. The lowest BCUT2D eigenvalue weighted by Gasteiger charge is -2.30. The molecule has 168 valence electrons. The second-order valence-electron chi connectivity index (χ2n) is 7.93. The molecular weight excluding hydrogens is 400 g/mol. The Hall–Kier alpha value is -1.84. The van der Waals surface area contributed by atoms with Crippen molar-refractivity contribution < 1.29 is 33.9 Å². The van der Waals surface area contributed by atoms with Gasteiger partial charge in [0, 0.05) is 6.61 Å². The average Bonchev–Trinajstić information content (AvgIpc) is 3.09. The Morgan fingerprint density at radius 2 is 1.29 bits per heavy atom. The van der Waals surface area contributed by atoms with Gasteiger partial charge in [-0.15, -0.1) is 0 Å². The van der Waals surface area contributed by atoms with Crippen LogP contribution in [0.2, 0.25) is 0 Å². The molecule has 7 heteroatoms. The zero-order valence-electron chi connectivity index (χ0n) is 18.0. The van der Waals surface area contributed by atoms with Gasteiger partial charge in [0.15, 0.2) is 0 Å². The minimum absolute atomic E-state index is 0.111. The Bertz CT molecular complexity index is 805. The van der Waals surface area contributed by atoms with Crippen LogP contribution in [0.4, 0.5) is 0 Å². The highest BCUT2D eigenvalue weighted by atomic mass is 16.9. The van der Waals surface area contributed by atoms with Gasteiger partial charge in [-0.25, -0.2) is 0 Å². The van der Waals surface area contributed by atoms with Crippen LogP contribution in [0.3, 0.4) is 0 Å². The SMILES string of the molecule is CCOC1O[C@H]2[C@H](O1)[C@@H](C(O)c1ccccc1C)OCO[C@@H]2C(O)c1ccccc1C. The first-order valence-corrected chi connectivity index (χ1v) is 10.6. The molecule has 0 saturated carbocycles. The van der Waals surface area contributed by atoms with Gasteiger partial charge < -0.3 is 33.9 Å². The van der Waals surface area contributed by atoms with Gasteiger partial charge in [-0.2, -0.15) is 0 Å². The minimum atomic E-state index is -0.962. The standard InChI is InChI=1S/C24H30O7/c1-4-27-24-30-22-20(18(25)16-11-7-5-9-14(16)2)28-13-29-21(23(22)31-24)19(26)17-12-8-6-10-15(17)3/h5-12,18-26H,4,13H2,1-3H3/t18?,19?,20-,21-,22-,23-,24?/m1/s1. The van der Waals surface area contributed by atoms with Crippen LogP contribution in [-0.2, 0) is 23.7 Å². The van der Waals surface area contributed by atoms with Crippen LogP contribution < -0.4 is 0 Å². The Kier molecular flexibility index (Phi) is 7.03. The molecule has 2 N–H and O–H groups in total. The fourth-order valence-corrected chi connectivity index (χ4v) is 4.31. The summed E-state index contributed by atoms with van der Waals surface area (Å²) in [6.45, 7) is 5.06. The van der Waals surface area contributed by atoms with Crippen LogP contribution in [-0.4, -0.2) is 54.5 Å². The maximum Gasteiger partial charge on any atom is 0.272 e. The smallest absolute Gasteiger partial charge is 0.272 e. The fourth-order valence-electron chi connectivity index (χ4n) is 4.31. The van der Waals surface area contributed by atoms with E-state index in [1.165, 1.54) is 0 Å². The minimum Gasteiger partial charge on any atom is -0.386 e. The third-order valence-corrected chi connectivity index (χ3v) is 5.97. The molecule has 2 aliphatic heterocycles. The number of aliphatic hydroxyl groups is 2. The summed E-state index contributed by atoms with van der Waals surface area (Å²) in [7, 11) is 0. The second-order valence-corrected chi connectivity index (χ2v) is 7.93. The van der Waals surface area contributed by atoms with Gasteiger partial charge >= 0.3 is 0 Å². The molecule has 31 heavy (non-hydrogen) atoms. The van der Waals surface area contributed by atoms with Crippen LogP contribution in [0, 0.1) is 13.8 Å². The molecule has 0 aromatic heterocycles. The quantitative estimate of drug-likeness (QED) is 0.729. The largest absolute Gasteiger partial charge is 0.386 e. The summed E-state index contributed by atoms with van der Waals surface area (Å²) in [5.74, 6) is 0. The van der Waals surface area contributed by atoms with Crippen molar-refractivity contribution >= 4 is 0 Å². The van der Waals surface area contributed by atoms with E-state index in [1.54, 1.807) is 0 Å². The van der Waals surface area contributed by atoms with Crippen LogP contribution in [0.15, 0.2) is 48.5 Å². The van der Waals surface area contributed by atoms with Crippen molar-refractivity contribution in [2.75, 3.05) is 13.4 Å². The first-order chi connectivity index (χ1) is 15.0. The Morgan fingerprint density at radius 3 is 1.71 bits per heavy atom. The van der Waals surface area contributed by atoms with Gasteiger partial charge in [-0.05, 0) is 43.0 Å². The predicted molar refractivity (Wildman–Crippen MR) is 112 cm³/mol. The molecule has 2 heterocycles. The Labute approximate surface area is 182 Å². The number of aliphatic hydroxyl groups excluding tert-OH is 2. The zero-order valence-corrected chi connectivity index (χ0v) is 18.0. The van der Waals surface area contributed by atoms with Gasteiger partial charge in [-0.1, -0.05) is 48.5 Å². The first-order valence-electron chi connectivity index (χ1n) is 10.6. The van der Waals surface area contributed by atoms with E-state index in [2.05, 4.69) is 0 Å². The average molecular weight is 430 g/mol. The monoisotopic (exact) mass is 430 g/mol. The summed E-state index contributed by atoms with van der Waals surface area (Å²) in [5.41, 5.74) is 3.37. The molecule has 2 saturated heterocycles. The van der Waals surface area contributed by atoms with Gasteiger partial charge in [0.05, 0.1) is 0 Å². The highest BCUT2D eigenvalue weighted by molar-refractivity contribution is 5.30. The Morgan fingerprint density at radius 1 is 0.839 bits per heavy atom. The molecule has 2 aromatic carbocycles. The molecule has 2 fully saturated rings. The molecule has 0 bridgehead atoms. The number of benzene rings is 2. The topological polar surface area (TPSA) is 86.6 Å². The molecule has 2 aromatic rings. The van der Waals surface area contributed by atoms with E-state index in [9.17, 15) is 10.2 Å². The van der Waals surface area contributed by atoms with Gasteiger partial charge in [0.25, 0.3) is 6.48 Å². The lowest BCUT2D eigenvalue weighted by molar-refractivity contribution is -0.267. The maximum atomic E-state index is 11.2. The third kappa shape index (κ3) is 4.54. The molecule has 2 aliphatic rings. The van der Waals surface area contributed by atoms with Crippen LogP contribution in [0.25, 0.3) is 0 Å². The van der Waals surface area contributed by atoms with Crippen LogP contribution in [0.5, 0.6) is 0 Å². The van der Waals surface area contributed by atoms with E-state index in [-0.39, 0.29) is 6.79 Å². The van der Waals surface area contributed by atoms with E-state index in [0.29, 0.717) is 6.61 Å². The number of ether oxygens (including phenoxy) is 5. The highest BCUT2D eigenvalue weighted by Crippen LogP contribution is 2.39. The molecule has 7 nitrogen and oxygen atoms in total. The van der Waals surface area contributed by atoms with Gasteiger partial charge in [-0.3, -0.25) is 0 Å². The highest BCUT2D eigenvalue weighted by Gasteiger charge is 2.52. The van der Waals surface area contributed by atoms with Crippen molar-refractivity contribution in [1.82, 2.24) is 0 Å². The second kappa shape index (κ2) is 9.75. The fraction of sp³-hybridized carbons (Fsp3) is 0.500. The molecule has 0 spiro atoms. The van der Waals surface area contributed by atoms with E-state index in [0.717, 1.165) is 22.3 Å². The van der Waals surface area contributed by atoms with E-state index in [4.69, 9.17) is 23.7 Å². The lowest BCUT2D eigenvalue weighted by Crippen LogP contribution is -2.45. The third-order valence-electron chi connectivity index (χ3n) is 5.97. The van der Waals surface area contributed by atoms with Crippen molar-refractivity contribution in [2.45, 2.75) is 63.9 Å². The molecule has 4 rings (SSSR count). The van der Waals surface area contributed by atoms with E-state index in [1.807, 2.05) is 69.3 Å². The first kappa shape index (κ1) is 22.4. The number of hydrogen-bond acceptors (Lipinski definition) is 7. The van der Waals surface area contributed by atoms with Crippen molar-refractivity contribution in [3.05, 3.63) is 70.8 Å². The van der Waals surface area contributed by atoms with Gasteiger partial charge in [0.2, 0.25) is 0 Å². The Balaban J connectivity index is 1.65. The van der Waals surface area contributed by atoms with Crippen LogP contribution in [0.1, 0.15) is 41.4 Å². The van der Waals surface area contributed by atoms with Gasteiger partial charge in [0.1, 0.15) is 43.4 Å². The summed E-state index contributed by atoms with van der Waals surface area (Å²) in [6.07, 6.45) is -4.84. The molecular formula is C24H30O7. The van der Waals surface area contributed by atoms with Crippen molar-refractivity contribution in [1.29, 1.82) is 0 Å². The normalized spacial score (nSPS) is 30.4. The summed E-state index contributed by atoms with van der Waals surface area (Å²) >= 11 is 0. The number of aryl methyl sites for hydroxylation is 2. The number of rotatable bonds is 6. The molecule has 0 aliphatic carbocycles. The molecule has 2 unspecified atom stereocenters. The summed E-state index contributed by atoms with van der Waals surface area (Å²) in [5, 5.41) is 22.4. The molecule has 6 atom stereocenters.